The van der Waals surface area contributed by atoms with Crippen LogP contribution in [0.4, 0.5) is 0 Å². The van der Waals surface area contributed by atoms with Gasteiger partial charge in [-0.25, -0.2) is 4.98 Å². The maximum absolute atomic E-state index is 5.06. The van der Waals surface area contributed by atoms with E-state index < -0.39 is 0 Å². The van der Waals surface area contributed by atoms with E-state index in [1.165, 1.54) is 25.7 Å². The summed E-state index contributed by atoms with van der Waals surface area (Å²) in [6, 6.07) is 32.7. The first-order chi connectivity index (χ1) is 15.5. The summed E-state index contributed by atoms with van der Waals surface area (Å²) < 4.78 is 4.91. The first-order valence-corrected chi connectivity index (χ1v) is 11.8. The molecular weight excluding hydrogens is 408 g/mol. The van der Waals surface area contributed by atoms with E-state index in [0.29, 0.717) is 0 Å². The van der Waals surface area contributed by atoms with E-state index in [4.69, 9.17) is 4.98 Å². The molecule has 2 aromatic heterocycles. The van der Waals surface area contributed by atoms with Gasteiger partial charge in [0.05, 0.1) is 11.0 Å². The molecule has 0 atom stereocenters. The van der Waals surface area contributed by atoms with Crippen molar-refractivity contribution in [3.63, 3.8) is 0 Å². The molecule has 0 saturated heterocycles. The van der Waals surface area contributed by atoms with Crippen molar-refractivity contribution in [2.75, 3.05) is 0 Å². The highest BCUT2D eigenvalue weighted by Gasteiger charge is 2.17. The quantitative estimate of drug-likeness (QED) is 0.269. The minimum absolute atomic E-state index is 0.130. The smallest absolute Gasteiger partial charge is 0.145 e. The minimum atomic E-state index is 0.130. The Labute approximate surface area is 191 Å². The number of thiophene rings is 1. The molecule has 0 unspecified atom stereocenters. The van der Waals surface area contributed by atoms with E-state index in [0.717, 1.165) is 28.1 Å². The fourth-order valence-corrected chi connectivity index (χ4v) is 5.60. The molecule has 3 heteroatoms. The normalized spacial score (nSPS) is 12.2. The first kappa shape index (κ1) is 19.3. The second kappa shape index (κ2) is 7.04. The fraction of sp³-hybridized carbons (Fsp3) is 0.138. The van der Waals surface area contributed by atoms with Crippen molar-refractivity contribution >= 4 is 42.5 Å². The van der Waals surface area contributed by atoms with Gasteiger partial charge in [-0.3, -0.25) is 4.57 Å². The summed E-state index contributed by atoms with van der Waals surface area (Å²) in [7, 11) is 0. The van der Waals surface area contributed by atoms with Crippen LogP contribution in [0.3, 0.4) is 0 Å². The molecule has 0 radical (unpaired) electrons. The zero-order valence-corrected chi connectivity index (χ0v) is 19.3. The van der Waals surface area contributed by atoms with Gasteiger partial charge >= 0.3 is 0 Å². The molecule has 0 N–H and O–H groups in total. The minimum Gasteiger partial charge on any atom is -0.292 e. The van der Waals surface area contributed by atoms with E-state index in [9.17, 15) is 0 Å². The van der Waals surface area contributed by atoms with Crippen molar-refractivity contribution in [3.05, 3.63) is 96.6 Å². The largest absolute Gasteiger partial charge is 0.292 e. The Hall–Kier alpha value is -3.43. The van der Waals surface area contributed by atoms with Gasteiger partial charge in [0.15, 0.2) is 0 Å². The summed E-state index contributed by atoms with van der Waals surface area (Å²) in [6.45, 7) is 6.75. The average molecular weight is 433 g/mol. The molecule has 2 nitrogen and oxygen atoms in total. The number of para-hydroxylation sites is 2. The van der Waals surface area contributed by atoms with Crippen LogP contribution in [0.15, 0.2) is 91.0 Å². The number of benzene rings is 4. The topological polar surface area (TPSA) is 17.8 Å². The number of fused-ring (bicyclic) bond motifs is 4. The molecule has 0 aliphatic rings. The van der Waals surface area contributed by atoms with Crippen LogP contribution in [0.25, 0.3) is 48.3 Å². The molecule has 0 amide bonds. The van der Waals surface area contributed by atoms with Crippen molar-refractivity contribution in [2.24, 2.45) is 0 Å². The first-order valence-electron chi connectivity index (χ1n) is 11.0. The predicted molar refractivity (Wildman–Crippen MR) is 138 cm³/mol. The number of imidazole rings is 1. The lowest BCUT2D eigenvalue weighted by Crippen LogP contribution is -2.11. The molecule has 32 heavy (non-hydrogen) atoms. The highest BCUT2D eigenvalue weighted by Crippen LogP contribution is 2.37. The Kier molecular flexibility index (Phi) is 4.24. The molecule has 6 rings (SSSR count). The summed E-state index contributed by atoms with van der Waals surface area (Å²) in [5.74, 6) is 0.981. The van der Waals surface area contributed by atoms with Crippen LogP contribution in [0, 0.1) is 0 Å². The maximum Gasteiger partial charge on any atom is 0.145 e. The standard InChI is InChI=1S/C29H24N2S/c1-29(2,3)20-13-15-21(16-14-20)31-25-10-6-5-9-24(25)30-28(31)19-12-17-23-22-8-4-7-11-26(22)32-27(23)18-19/h4-18H,1-3H3. The van der Waals surface area contributed by atoms with E-state index >= 15 is 0 Å². The molecule has 0 saturated carbocycles. The molecule has 6 aromatic rings. The van der Waals surface area contributed by atoms with E-state index in [1.807, 2.05) is 11.3 Å². The average Bonchev–Trinajstić information content (AvgIpc) is 3.36. The Bertz CT molecular complexity index is 1590. The predicted octanol–water partition coefficient (Wildman–Crippen LogP) is 8.36. The van der Waals surface area contributed by atoms with Crippen LogP contribution in [0.5, 0.6) is 0 Å². The van der Waals surface area contributed by atoms with Gasteiger partial charge in [0.25, 0.3) is 0 Å². The zero-order chi connectivity index (χ0) is 21.9. The van der Waals surface area contributed by atoms with Crippen molar-refractivity contribution in [1.82, 2.24) is 9.55 Å². The van der Waals surface area contributed by atoms with Crippen LogP contribution in [-0.4, -0.2) is 9.55 Å². The van der Waals surface area contributed by atoms with Gasteiger partial charge < -0.3 is 0 Å². The highest BCUT2D eigenvalue weighted by atomic mass is 32.1. The van der Waals surface area contributed by atoms with E-state index in [2.05, 4.69) is 116 Å². The van der Waals surface area contributed by atoms with Crippen molar-refractivity contribution in [3.8, 4) is 17.1 Å². The van der Waals surface area contributed by atoms with E-state index in [-0.39, 0.29) is 5.41 Å². The number of hydrogen-bond acceptors (Lipinski definition) is 2. The van der Waals surface area contributed by atoms with E-state index in [1.54, 1.807) is 0 Å². The molecule has 156 valence electrons. The Morgan fingerprint density at radius 3 is 2.25 bits per heavy atom. The maximum atomic E-state index is 5.06. The van der Waals surface area contributed by atoms with Crippen molar-refractivity contribution < 1.29 is 0 Å². The van der Waals surface area contributed by atoms with Gasteiger partial charge in [-0.2, -0.15) is 0 Å². The number of aromatic nitrogens is 2. The third kappa shape index (κ3) is 3.04. The molecule has 0 aliphatic carbocycles. The summed E-state index contributed by atoms with van der Waals surface area (Å²) in [6.07, 6.45) is 0. The van der Waals surface area contributed by atoms with Crippen LogP contribution in [-0.2, 0) is 5.41 Å². The summed E-state index contributed by atoms with van der Waals surface area (Å²) in [5, 5.41) is 2.64. The molecule has 0 bridgehead atoms. The van der Waals surface area contributed by atoms with Gasteiger partial charge in [0.1, 0.15) is 5.82 Å². The molecule has 0 spiro atoms. The molecule has 4 aromatic carbocycles. The van der Waals surface area contributed by atoms with Crippen LogP contribution in [0.2, 0.25) is 0 Å². The third-order valence-corrected chi connectivity index (χ3v) is 7.32. The molecule has 2 heterocycles. The Morgan fingerprint density at radius 1 is 0.719 bits per heavy atom. The van der Waals surface area contributed by atoms with Gasteiger partial charge in [0, 0.05) is 31.4 Å². The van der Waals surface area contributed by atoms with Gasteiger partial charge in [0.2, 0.25) is 0 Å². The molecule has 0 aliphatic heterocycles. The van der Waals surface area contributed by atoms with Gasteiger partial charge in [-0.1, -0.05) is 75.4 Å². The van der Waals surface area contributed by atoms with Crippen LogP contribution in [0.1, 0.15) is 26.3 Å². The molecular formula is C29H24N2S. The zero-order valence-electron chi connectivity index (χ0n) is 18.5. The lowest BCUT2D eigenvalue weighted by molar-refractivity contribution is 0.590. The Morgan fingerprint density at radius 2 is 1.44 bits per heavy atom. The van der Waals surface area contributed by atoms with Crippen LogP contribution < -0.4 is 0 Å². The lowest BCUT2D eigenvalue weighted by Gasteiger charge is -2.19. The monoisotopic (exact) mass is 432 g/mol. The second-order valence-electron chi connectivity index (χ2n) is 9.37. The molecule has 0 fully saturated rings. The van der Waals surface area contributed by atoms with Gasteiger partial charge in [-0.15, -0.1) is 11.3 Å². The number of rotatable bonds is 2. The summed E-state index contributed by atoms with van der Waals surface area (Å²) >= 11 is 1.85. The van der Waals surface area contributed by atoms with Crippen molar-refractivity contribution in [2.45, 2.75) is 26.2 Å². The fourth-order valence-electron chi connectivity index (χ4n) is 4.46. The van der Waals surface area contributed by atoms with Crippen LogP contribution >= 0.6 is 11.3 Å². The summed E-state index contributed by atoms with van der Waals surface area (Å²) in [5.41, 5.74) is 5.88. The number of hydrogen-bond donors (Lipinski definition) is 0. The third-order valence-electron chi connectivity index (χ3n) is 6.19. The Balaban J connectivity index is 1.57. The second-order valence-corrected chi connectivity index (χ2v) is 10.4. The SMILES string of the molecule is CC(C)(C)c1ccc(-n2c(-c3ccc4c(c3)sc3ccccc34)nc3ccccc32)cc1. The highest BCUT2D eigenvalue weighted by molar-refractivity contribution is 7.25. The summed E-state index contributed by atoms with van der Waals surface area (Å²) in [4.78, 5) is 5.06. The lowest BCUT2D eigenvalue weighted by atomic mass is 9.87. The number of nitrogens with zero attached hydrogens (tertiary/aromatic N) is 2. The van der Waals surface area contributed by atoms with Crippen molar-refractivity contribution in [1.29, 1.82) is 0 Å². The van der Waals surface area contributed by atoms with Gasteiger partial charge in [-0.05, 0) is 47.4 Å².